The van der Waals surface area contributed by atoms with E-state index in [4.69, 9.17) is 4.74 Å². The maximum atomic E-state index is 13.1. The number of nitrogens with zero attached hydrogens (tertiary/aromatic N) is 2. The third-order valence-corrected chi connectivity index (χ3v) is 6.39. The second kappa shape index (κ2) is 7.68. The number of ether oxygens (including phenoxy) is 1. The maximum Gasteiger partial charge on any atom is 0.256 e. The van der Waals surface area contributed by atoms with Crippen LogP contribution in [-0.2, 0) is 20.7 Å². The van der Waals surface area contributed by atoms with Crippen LogP contribution in [0, 0.1) is 5.92 Å². The lowest BCUT2D eigenvalue weighted by Gasteiger charge is -2.43. The lowest BCUT2D eigenvalue weighted by atomic mass is 9.90. The summed E-state index contributed by atoms with van der Waals surface area (Å²) in [7, 11) is 3.49. The highest BCUT2D eigenvalue weighted by Crippen LogP contribution is 2.34. The van der Waals surface area contributed by atoms with E-state index >= 15 is 0 Å². The number of amides is 2. The van der Waals surface area contributed by atoms with Crippen molar-refractivity contribution in [2.24, 2.45) is 5.92 Å². The molecule has 1 aromatic heterocycles. The number of morpholine rings is 1. The molecule has 148 valence electrons. The Hall–Kier alpha value is -2.18. The van der Waals surface area contributed by atoms with Crippen LogP contribution in [-0.4, -0.2) is 61.0 Å². The van der Waals surface area contributed by atoms with Gasteiger partial charge in [-0.3, -0.25) is 9.59 Å². The van der Waals surface area contributed by atoms with Gasteiger partial charge < -0.3 is 14.5 Å². The first-order chi connectivity index (χ1) is 13.5. The van der Waals surface area contributed by atoms with Crippen molar-refractivity contribution in [2.45, 2.75) is 24.9 Å². The van der Waals surface area contributed by atoms with Crippen LogP contribution in [0.1, 0.15) is 18.4 Å². The zero-order valence-corrected chi connectivity index (χ0v) is 17.2. The normalized spacial score (nSPS) is 22.1. The molecule has 1 aliphatic carbocycles. The molecule has 0 bridgehead atoms. The minimum absolute atomic E-state index is 0.0804. The average Bonchev–Trinajstić information content (AvgIpc) is 3.41. The summed E-state index contributed by atoms with van der Waals surface area (Å²) in [6.45, 7) is 1.28. The quantitative estimate of drug-likeness (QED) is 0.778. The Labute approximate surface area is 169 Å². The molecule has 0 N–H and O–H groups in total. The standard InChI is InChI=1S/C22H26N2O3S/c1-23(2)21(26)22(15-24(11-12-27-22)20(25)18-9-10-18)14-16-5-7-17(8-6-16)19-4-3-13-28-19/h3-8,13,18H,9-12,14-15H2,1-2H3. The zero-order valence-electron chi connectivity index (χ0n) is 16.4. The second-order valence-electron chi connectivity index (χ2n) is 7.93. The van der Waals surface area contributed by atoms with Crippen LogP contribution in [0.25, 0.3) is 10.4 Å². The number of rotatable bonds is 5. The van der Waals surface area contributed by atoms with Crippen LogP contribution in [0.2, 0.25) is 0 Å². The van der Waals surface area contributed by atoms with Crippen LogP contribution < -0.4 is 0 Å². The minimum atomic E-state index is -1.02. The molecule has 1 saturated heterocycles. The molecule has 5 nitrogen and oxygen atoms in total. The van der Waals surface area contributed by atoms with Gasteiger partial charge in [0.2, 0.25) is 5.91 Å². The van der Waals surface area contributed by atoms with E-state index in [2.05, 4.69) is 35.7 Å². The van der Waals surface area contributed by atoms with Crippen molar-refractivity contribution in [1.29, 1.82) is 0 Å². The fourth-order valence-corrected chi connectivity index (χ4v) is 4.57. The number of carbonyl (C=O) groups excluding carboxylic acids is 2. The molecule has 2 aliphatic rings. The molecule has 1 aliphatic heterocycles. The Bertz CT molecular complexity index is 843. The van der Waals surface area contributed by atoms with Gasteiger partial charge >= 0.3 is 0 Å². The van der Waals surface area contributed by atoms with Crippen molar-refractivity contribution in [3.63, 3.8) is 0 Å². The smallest absolute Gasteiger partial charge is 0.256 e. The highest BCUT2D eigenvalue weighted by Gasteiger charge is 2.47. The Morgan fingerprint density at radius 3 is 2.57 bits per heavy atom. The first kappa shape index (κ1) is 19.2. The van der Waals surface area contributed by atoms with Gasteiger partial charge in [0.15, 0.2) is 5.60 Å². The summed E-state index contributed by atoms with van der Waals surface area (Å²) >= 11 is 1.71. The topological polar surface area (TPSA) is 49.9 Å². The molecule has 28 heavy (non-hydrogen) atoms. The van der Waals surface area contributed by atoms with Gasteiger partial charge in [-0.2, -0.15) is 0 Å². The summed E-state index contributed by atoms with van der Waals surface area (Å²) in [5, 5.41) is 2.06. The first-order valence-electron chi connectivity index (χ1n) is 9.76. The van der Waals surface area contributed by atoms with Crippen LogP contribution >= 0.6 is 11.3 Å². The predicted octanol–water partition coefficient (Wildman–Crippen LogP) is 3.05. The SMILES string of the molecule is CN(C)C(=O)C1(Cc2ccc(-c3cccs3)cc2)CN(C(=O)C2CC2)CCO1. The fourth-order valence-electron chi connectivity index (χ4n) is 3.84. The highest BCUT2D eigenvalue weighted by molar-refractivity contribution is 7.13. The number of hydrogen-bond donors (Lipinski definition) is 0. The Morgan fingerprint density at radius 1 is 1.21 bits per heavy atom. The van der Waals surface area contributed by atoms with E-state index in [1.165, 1.54) is 10.4 Å². The number of thiophene rings is 1. The van der Waals surface area contributed by atoms with Gasteiger partial charge in [0.05, 0.1) is 13.2 Å². The minimum Gasteiger partial charge on any atom is -0.361 e. The van der Waals surface area contributed by atoms with Crippen LogP contribution in [0.15, 0.2) is 41.8 Å². The molecular formula is C22H26N2O3S. The molecular weight excluding hydrogens is 372 g/mol. The highest BCUT2D eigenvalue weighted by atomic mass is 32.1. The van der Waals surface area contributed by atoms with E-state index in [-0.39, 0.29) is 17.7 Å². The zero-order chi connectivity index (χ0) is 19.7. The molecule has 6 heteroatoms. The molecule has 2 amide bonds. The summed E-state index contributed by atoms with van der Waals surface area (Å²) < 4.78 is 6.09. The molecule has 4 rings (SSSR count). The number of benzene rings is 1. The van der Waals surface area contributed by atoms with Gasteiger partial charge in [-0.25, -0.2) is 0 Å². The third kappa shape index (κ3) is 3.84. The Balaban J connectivity index is 1.57. The van der Waals surface area contributed by atoms with E-state index in [0.29, 0.717) is 26.1 Å². The van der Waals surface area contributed by atoms with Crippen LogP contribution in [0.3, 0.4) is 0 Å². The van der Waals surface area contributed by atoms with Crippen molar-refractivity contribution in [1.82, 2.24) is 9.80 Å². The van der Waals surface area contributed by atoms with Crippen LogP contribution in [0.5, 0.6) is 0 Å². The summed E-state index contributed by atoms with van der Waals surface area (Å²) in [6, 6.07) is 12.4. The number of carbonyl (C=O) groups is 2. The number of hydrogen-bond acceptors (Lipinski definition) is 4. The van der Waals surface area contributed by atoms with Crippen molar-refractivity contribution >= 4 is 23.2 Å². The van der Waals surface area contributed by atoms with E-state index in [1.807, 2.05) is 11.0 Å². The second-order valence-corrected chi connectivity index (χ2v) is 8.88. The average molecular weight is 399 g/mol. The van der Waals surface area contributed by atoms with Crippen molar-refractivity contribution in [2.75, 3.05) is 33.8 Å². The molecule has 0 radical (unpaired) electrons. The fraction of sp³-hybridized carbons (Fsp3) is 0.455. The third-order valence-electron chi connectivity index (χ3n) is 5.47. The summed E-state index contributed by atoms with van der Waals surface area (Å²) in [5.41, 5.74) is 1.19. The molecule has 1 unspecified atom stereocenters. The van der Waals surface area contributed by atoms with Gasteiger partial charge in [-0.05, 0) is 35.4 Å². The first-order valence-corrected chi connectivity index (χ1v) is 10.6. The summed E-state index contributed by atoms with van der Waals surface area (Å²) in [4.78, 5) is 30.3. The van der Waals surface area contributed by atoms with Gasteiger partial charge in [-0.15, -0.1) is 11.3 Å². The van der Waals surface area contributed by atoms with Crippen molar-refractivity contribution in [3.05, 3.63) is 47.3 Å². The summed E-state index contributed by atoms with van der Waals surface area (Å²) in [6.07, 6.45) is 2.40. The van der Waals surface area contributed by atoms with E-state index in [9.17, 15) is 9.59 Å². The Kier molecular flexibility index (Phi) is 5.25. The molecule has 1 atom stereocenters. The summed E-state index contributed by atoms with van der Waals surface area (Å²) in [5.74, 6) is 0.241. The van der Waals surface area contributed by atoms with Gasteiger partial charge in [-0.1, -0.05) is 30.3 Å². The maximum absolute atomic E-state index is 13.1. The van der Waals surface area contributed by atoms with Crippen molar-refractivity contribution < 1.29 is 14.3 Å². The van der Waals surface area contributed by atoms with E-state index in [0.717, 1.165) is 18.4 Å². The largest absolute Gasteiger partial charge is 0.361 e. The Morgan fingerprint density at radius 2 is 1.96 bits per heavy atom. The van der Waals surface area contributed by atoms with E-state index in [1.54, 1.807) is 30.3 Å². The van der Waals surface area contributed by atoms with Crippen molar-refractivity contribution in [3.8, 4) is 10.4 Å². The number of likely N-dealkylation sites (N-methyl/N-ethyl adjacent to an activating group) is 1. The molecule has 1 aromatic carbocycles. The predicted molar refractivity (Wildman–Crippen MR) is 110 cm³/mol. The van der Waals surface area contributed by atoms with Gasteiger partial charge in [0.25, 0.3) is 5.91 Å². The van der Waals surface area contributed by atoms with Gasteiger partial charge in [0.1, 0.15) is 0 Å². The molecule has 0 spiro atoms. The molecule has 2 heterocycles. The molecule has 1 saturated carbocycles. The lowest BCUT2D eigenvalue weighted by molar-refractivity contribution is -0.173. The lowest BCUT2D eigenvalue weighted by Crippen LogP contribution is -2.62. The molecule has 2 aromatic rings. The van der Waals surface area contributed by atoms with Gasteiger partial charge in [0, 0.05) is 37.9 Å². The molecule has 2 fully saturated rings. The monoisotopic (exact) mass is 398 g/mol. The van der Waals surface area contributed by atoms with Crippen LogP contribution in [0.4, 0.5) is 0 Å². The van der Waals surface area contributed by atoms with E-state index < -0.39 is 5.60 Å².